The monoisotopic (exact) mass is 390 g/mol. The van der Waals surface area contributed by atoms with Gasteiger partial charge in [0.15, 0.2) is 0 Å². The van der Waals surface area contributed by atoms with Crippen LogP contribution in [0.5, 0.6) is 0 Å². The van der Waals surface area contributed by atoms with Gasteiger partial charge in [0.1, 0.15) is 18.7 Å². The van der Waals surface area contributed by atoms with E-state index in [4.69, 9.17) is 4.74 Å². The first-order valence-corrected chi connectivity index (χ1v) is 10.0. The number of aliphatic carboxylic acids is 1. The smallest absolute Gasteiger partial charge is 0.410 e. The summed E-state index contributed by atoms with van der Waals surface area (Å²) in [6.07, 6.45) is 4.84. The van der Waals surface area contributed by atoms with Crippen molar-refractivity contribution in [1.82, 2.24) is 10.2 Å². The van der Waals surface area contributed by atoms with Crippen molar-refractivity contribution in [3.63, 3.8) is 0 Å². The first kappa shape index (κ1) is 21.7. The fourth-order valence-corrected chi connectivity index (χ4v) is 3.36. The SMILES string of the molecule is CCCCCC[C@H](NC(=O)[C@H]1CCCN1C(=O)OCc1ccccc1)C(=O)O. The molecule has 154 valence electrons. The average Bonchev–Trinajstić information content (AvgIpc) is 3.19. The van der Waals surface area contributed by atoms with Gasteiger partial charge in [0.05, 0.1) is 0 Å². The lowest BCUT2D eigenvalue weighted by molar-refractivity contribution is -0.142. The van der Waals surface area contributed by atoms with Gasteiger partial charge in [-0.15, -0.1) is 0 Å². The van der Waals surface area contributed by atoms with Gasteiger partial charge >= 0.3 is 12.1 Å². The fraction of sp³-hybridized carbons (Fsp3) is 0.571. The molecule has 28 heavy (non-hydrogen) atoms. The highest BCUT2D eigenvalue weighted by molar-refractivity contribution is 5.89. The van der Waals surface area contributed by atoms with Crippen LogP contribution in [0.4, 0.5) is 4.79 Å². The number of unbranched alkanes of at least 4 members (excludes halogenated alkanes) is 3. The molecule has 0 radical (unpaired) electrons. The lowest BCUT2D eigenvalue weighted by Gasteiger charge is -2.25. The zero-order valence-corrected chi connectivity index (χ0v) is 16.4. The van der Waals surface area contributed by atoms with Crippen LogP contribution in [0.2, 0.25) is 0 Å². The lowest BCUT2D eigenvalue weighted by atomic mass is 10.1. The zero-order valence-electron chi connectivity index (χ0n) is 16.4. The van der Waals surface area contributed by atoms with E-state index in [0.717, 1.165) is 31.2 Å². The number of nitrogens with one attached hydrogen (secondary N) is 1. The number of likely N-dealkylation sites (tertiary alicyclic amines) is 1. The number of benzene rings is 1. The summed E-state index contributed by atoms with van der Waals surface area (Å²) in [6.45, 7) is 2.65. The van der Waals surface area contributed by atoms with Crippen molar-refractivity contribution in [3.8, 4) is 0 Å². The Hall–Kier alpha value is -2.57. The summed E-state index contributed by atoms with van der Waals surface area (Å²) in [5, 5.41) is 12.0. The summed E-state index contributed by atoms with van der Waals surface area (Å²) < 4.78 is 5.33. The maximum atomic E-state index is 12.6. The van der Waals surface area contributed by atoms with Gasteiger partial charge in [-0.05, 0) is 24.8 Å². The van der Waals surface area contributed by atoms with Gasteiger partial charge in [-0.2, -0.15) is 0 Å². The van der Waals surface area contributed by atoms with E-state index in [1.165, 1.54) is 4.90 Å². The Labute approximate surface area is 166 Å². The molecule has 1 heterocycles. The molecule has 7 nitrogen and oxygen atoms in total. The second-order valence-electron chi connectivity index (χ2n) is 7.14. The highest BCUT2D eigenvalue weighted by Gasteiger charge is 2.36. The van der Waals surface area contributed by atoms with Gasteiger partial charge < -0.3 is 15.2 Å². The van der Waals surface area contributed by atoms with E-state index in [0.29, 0.717) is 25.8 Å². The van der Waals surface area contributed by atoms with Crippen molar-refractivity contribution in [2.45, 2.75) is 70.6 Å². The number of carbonyl (C=O) groups excluding carboxylic acids is 2. The van der Waals surface area contributed by atoms with Gasteiger partial charge in [0, 0.05) is 6.54 Å². The third-order valence-corrected chi connectivity index (χ3v) is 4.96. The predicted molar refractivity (Wildman–Crippen MR) is 105 cm³/mol. The quantitative estimate of drug-likeness (QED) is 0.598. The number of amides is 2. The molecule has 1 aliphatic heterocycles. The third kappa shape index (κ3) is 6.55. The van der Waals surface area contributed by atoms with E-state index in [2.05, 4.69) is 12.2 Å². The number of carboxylic acid groups (broad SMARTS) is 1. The van der Waals surface area contributed by atoms with Crippen LogP contribution in [0, 0.1) is 0 Å². The van der Waals surface area contributed by atoms with Crippen LogP contribution in [0.1, 0.15) is 57.4 Å². The largest absolute Gasteiger partial charge is 0.480 e. The van der Waals surface area contributed by atoms with Crippen molar-refractivity contribution in [2.24, 2.45) is 0 Å². The first-order chi connectivity index (χ1) is 13.5. The molecule has 2 atom stereocenters. The number of carboxylic acids is 1. The van der Waals surface area contributed by atoms with Crippen molar-refractivity contribution in [3.05, 3.63) is 35.9 Å². The summed E-state index contributed by atoms with van der Waals surface area (Å²) >= 11 is 0. The van der Waals surface area contributed by atoms with Gasteiger partial charge in [0.2, 0.25) is 5.91 Å². The second-order valence-corrected chi connectivity index (χ2v) is 7.14. The molecule has 0 aliphatic carbocycles. The van der Waals surface area contributed by atoms with Crippen LogP contribution in [-0.4, -0.2) is 46.6 Å². The van der Waals surface area contributed by atoms with E-state index in [-0.39, 0.29) is 6.61 Å². The van der Waals surface area contributed by atoms with Crippen LogP contribution in [0.25, 0.3) is 0 Å². The predicted octanol–water partition coefficient (Wildman–Crippen LogP) is 3.33. The summed E-state index contributed by atoms with van der Waals surface area (Å²) in [5.74, 6) is -1.46. The second kappa shape index (κ2) is 11.3. The Kier molecular flexibility index (Phi) is 8.78. The minimum absolute atomic E-state index is 0.139. The van der Waals surface area contributed by atoms with Crippen LogP contribution in [0.15, 0.2) is 30.3 Å². The molecule has 1 aromatic carbocycles. The molecule has 2 N–H and O–H groups in total. The summed E-state index contributed by atoms with van der Waals surface area (Å²) in [6, 6.07) is 7.72. The third-order valence-electron chi connectivity index (χ3n) is 4.96. The topological polar surface area (TPSA) is 95.9 Å². The number of nitrogens with zero attached hydrogens (tertiary/aromatic N) is 1. The summed E-state index contributed by atoms with van der Waals surface area (Å²) in [5.41, 5.74) is 0.870. The number of hydrogen-bond acceptors (Lipinski definition) is 4. The molecule has 1 saturated heterocycles. The Morgan fingerprint density at radius 3 is 2.64 bits per heavy atom. The minimum atomic E-state index is -1.04. The molecule has 1 fully saturated rings. The molecule has 2 amide bonds. The maximum Gasteiger partial charge on any atom is 0.410 e. The minimum Gasteiger partial charge on any atom is -0.480 e. The van der Waals surface area contributed by atoms with Gasteiger partial charge in [0.25, 0.3) is 0 Å². The molecule has 1 aromatic rings. The number of ether oxygens (including phenoxy) is 1. The fourth-order valence-electron chi connectivity index (χ4n) is 3.36. The van der Waals surface area contributed by atoms with Crippen LogP contribution in [0.3, 0.4) is 0 Å². The molecule has 0 bridgehead atoms. The lowest BCUT2D eigenvalue weighted by Crippen LogP contribution is -2.50. The summed E-state index contributed by atoms with van der Waals surface area (Å²) in [4.78, 5) is 37.9. The molecule has 0 spiro atoms. The van der Waals surface area contributed by atoms with Crippen LogP contribution < -0.4 is 5.32 Å². The maximum absolute atomic E-state index is 12.6. The number of hydrogen-bond donors (Lipinski definition) is 2. The van der Waals surface area contributed by atoms with Gasteiger partial charge in [-0.25, -0.2) is 9.59 Å². The van der Waals surface area contributed by atoms with E-state index in [9.17, 15) is 19.5 Å². The summed E-state index contributed by atoms with van der Waals surface area (Å²) in [7, 11) is 0. The highest BCUT2D eigenvalue weighted by atomic mass is 16.6. The van der Waals surface area contributed by atoms with Crippen molar-refractivity contribution >= 4 is 18.0 Å². The Morgan fingerprint density at radius 2 is 1.96 bits per heavy atom. The number of carbonyl (C=O) groups is 3. The molecule has 1 aliphatic rings. The Bertz CT molecular complexity index is 649. The molecular formula is C21H30N2O5. The van der Waals surface area contributed by atoms with Crippen LogP contribution in [-0.2, 0) is 20.9 Å². The normalized spacial score (nSPS) is 17.2. The first-order valence-electron chi connectivity index (χ1n) is 10.0. The van der Waals surface area contributed by atoms with Crippen molar-refractivity contribution in [1.29, 1.82) is 0 Å². The molecule has 2 rings (SSSR count). The molecule has 7 heteroatoms. The Balaban J connectivity index is 1.87. The molecule has 0 aromatic heterocycles. The standard InChI is InChI=1S/C21H30N2O5/c1-2-3-4-8-12-17(20(25)26)22-19(24)18-13-9-14-23(18)21(27)28-15-16-10-6-5-7-11-16/h5-7,10-11,17-18H,2-4,8-9,12-15H2,1H3,(H,22,24)(H,25,26)/t17-,18+/m0/s1. The van der Waals surface area contributed by atoms with Crippen molar-refractivity contribution in [2.75, 3.05) is 6.54 Å². The molecular weight excluding hydrogens is 360 g/mol. The highest BCUT2D eigenvalue weighted by Crippen LogP contribution is 2.19. The van der Waals surface area contributed by atoms with Crippen molar-refractivity contribution < 1.29 is 24.2 Å². The average molecular weight is 390 g/mol. The van der Waals surface area contributed by atoms with E-state index < -0.39 is 30.1 Å². The Morgan fingerprint density at radius 1 is 1.21 bits per heavy atom. The van der Waals surface area contributed by atoms with E-state index >= 15 is 0 Å². The zero-order chi connectivity index (χ0) is 20.4. The van der Waals surface area contributed by atoms with E-state index in [1.807, 2.05) is 30.3 Å². The molecule has 0 saturated carbocycles. The van der Waals surface area contributed by atoms with Gasteiger partial charge in [-0.1, -0.05) is 62.9 Å². The van der Waals surface area contributed by atoms with Crippen LogP contribution >= 0.6 is 0 Å². The van der Waals surface area contributed by atoms with Gasteiger partial charge in [-0.3, -0.25) is 9.69 Å². The van der Waals surface area contributed by atoms with E-state index in [1.54, 1.807) is 0 Å². The molecule has 0 unspecified atom stereocenters. The number of rotatable bonds is 10.